The molecule has 1 aliphatic carbocycles. The van der Waals surface area contributed by atoms with E-state index in [1.54, 1.807) is 14.2 Å². The first-order valence-electron chi connectivity index (χ1n) is 13.2. The van der Waals surface area contributed by atoms with Gasteiger partial charge in [0.2, 0.25) is 0 Å². The maximum absolute atomic E-state index is 13.4. The van der Waals surface area contributed by atoms with Crippen molar-refractivity contribution in [3.05, 3.63) is 46.4 Å². The Hall–Kier alpha value is -4.30. The number of hydrogen-bond acceptors (Lipinski definition) is 10. The third kappa shape index (κ3) is 5.27. The number of ether oxygens (including phenoxy) is 3. The number of anilines is 2. The van der Waals surface area contributed by atoms with Crippen LogP contribution in [0.2, 0.25) is 0 Å². The molecule has 1 N–H and O–H groups in total. The SMILES string of the molecule is CO[C@H]1CCN(Cc2cc3c(nc2C=O)N(C(=O)Nc2cc(O[C@@H]4CC[C@@H]4OC)c(C#N)cn2)CCC3)C1=C=O. The van der Waals surface area contributed by atoms with Gasteiger partial charge < -0.3 is 19.1 Å². The van der Waals surface area contributed by atoms with Gasteiger partial charge in [-0.15, -0.1) is 0 Å². The van der Waals surface area contributed by atoms with Crippen molar-refractivity contribution in [2.45, 2.75) is 57.0 Å². The first-order chi connectivity index (χ1) is 19.5. The number of carbonyl (C=O) groups is 2. The smallest absolute Gasteiger partial charge is 0.328 e. The zero-order valence-electron chi connectivity index (χ0n) is 22.4. The molecule has 1 saturated carbocycles. The molecule has 2 aromatic rings. The van der Waals surface area contributed by atoms with Crippen LogP contribution in [0.4, 0.5) is 16.4 Å². The van der Waals surface area contributed by atoms with Crippen LogP contribution in [0.15, 0.2) is 24.0 Å². The number of nitriles is 1. The highest BCUT2D eigenvalue weighted by Crippen LogP contribution is 2.32. The van der Waals surface area contributed by atoms with Crippen LogP contribution in [0.5, 0.6) is 5.75 Å². The molecule has 0 unspecified atom stereocenters. The van der Waals surface area contributed by atoms with Crippen molar-refractivity contribution in [1.82, 2.24) is 14.9 Å². The van der Waals surface area contributed by atoms with E-state index in [0.717, 1.165) is 18.4 Å². The number of methoxy groups -OCH3 is 2. The normalized spacial score (nSPS) is 21.6. The maximum atomic E-state index is 13.4. The molecule has 4 heterocycles. The number of nitrogens with one attached hydrogen (secondary N) is 1. The van der Waals surface area contributed by atoms with Crippen LogP contribution >= 0.6 is 0 Å². The third-order valence-corrected chi connectivity index (χ3v) is 7.64. The molecule has 0 bridgehead atoms. The van der Waals surface area contributed by atoms with Crippen molar-refractivity contribution >= 4 is 29.9 Å². The van der Waals surface area contributed by atoms with Crippen LogP contribution in [0.25, 0.3) is 0 Å². The summed E-state index contributed by atoms with van der Waals surface area (Å²) < 4.78 is 16.7. The molecule has 0 spiro atoms. The number of fused-ring (bicyclic) bond motifs is 1. The molecule has 3 atom stereocenters. The summed E-state index contributed by atoms with van der Waals surface area (Å²) in [7, 11) is 3.17. The summed E-state index contributed by atoms with van der Waals surface area (Å²) >= 11 is 0. The van der Waals surface area contributed by atoms with Gasteiger partial charge in [-0.1, -0.05) is 0 Å². The number of likely N-dealkylation sites (tertiary alicyclic amines) is 1. The van der Waals surface area contributed by atoms with Gasteiger partial charge in [0, 0.05) is 45.5 Å². The molecule has 12 nitrogen and oxygen atoms in total. The van der Waals surface area contributed by atoms with Crippen molar-refractivity contribution in [2.24, 2.45) is 0 Å². The summed E-state index contributed by atoms with van der Waals surface area (Å²) in [6, 6.07) is 5.01. The van der Waals surface area contributed by atoms with E-state index in [1.165, 1.54) is 17.2 Å². The summed E-state index contributed by atoms with van der Waals surface area (Å²) in [5.41, 5.74) is 2.38. The van der Waals surface area contributed by atoms with Crippen molar-refractivity contribution in [3.63, 3.8) is 0 Å². The van der Waals surface area contributed by atoms with Crippen molar-refractivity contribution < 1.29 is 28.6 Å². The molecule has 2 aromatic heterocycles. The van der Waals surface area contributed by atoms with Crippen LogP contribution in [0, 0.1) is 11.3 Å². The Balaban J connectivity index is 1.35. The average Bonchev–Trinajstić information content (AvgIpc) is 3.36. The summed E-state index contributed by atoms with van der Waals surface area (Å²) in [5, 5.41) is 12.3. The standard InChI is InChI=1S/C28H30N6O6/c1-38-22-7-9-33(21(22)16-36)14-18-10-17-4-3-8-34(27(17)31-20(18)15-35)28(37)32-26-11-25(19(12-29)13-30-26)40-24-6-5-23(24)39-2/h10-11,13,15,22-24H,3-9,14H2,1-2H3,(H,30,32,37)/t22-,23-,24+/m0/s1. The van der Waals surface area contributed by atoms with Gasteiger partial charge in [0.05, 0.1) is 12.3 Å². The van der Waals surface area contributed by atoms with E-state index in [0.29, 0.717) is 68.0 Å². The topological polar surface area (TPSA) is 147 Å². The molecule has 3 aliphatic rings. The zero-order valence-corrected chi connectivity index (χ0v) is 22.4. The fourth-order valence-electron chi connectivity index (χ4n) is 5.32. The van der Waals surface area contributed by atoms with E-state index in [1.807, 2.05) is 16.9 Å². The number of carbonyl (C=O) groups excluding carboxylic acids is 3. The average molecular weight is 547 g/mol. The van der Waals surface area contributed by atoms with E-state index < -0.39 is 6.03 Å². The quantitative estimate of drug-likeness (QED) is 0.387. The second kappa shape index (κ2) is 11.8. The molecule has 0 radical (unpaired) electrons. The van der Waals surface area contributed by atoms with E-state index >= 15 is 0 Å². The first-order valence-corrected chi connectivity index (χ1v) is 13.2. The van der Waals surface area contributed by atoms with E-state index in [9.17, 15) is 19.6 Å². The molecular formula is C28H30N6O6. The molecule has 0 aromatic carbocycles. The number of aryl methyl sites for hydroxylation is 1. The van der Waals surface area contributed by atoms with Gasteiger partial charge in [0.25, 0.3) is 0 Å². The van der Waals surface area contributed by atoms with Crippen LogP contribution in [0.1, 0.15) is 52.9 Å². The lowest BCUT2D eigenvalue weighted by Gasteiger charge is -2.35. The van der Waals surface area contributed by atoms with Crippen LogP contribution in [-0.2, 0) is 27.2 Å². The Kier molecular flexibility index (Phi) is 8.07. The molecule has 208 valence electrons. The monoisotopic (exact) mass is 546 g/mol. The van der Waals surface area contributed by atoms with Crippen LogP contribution < -0.4 is 15.0 Å². The van der Waals surface area contributed by atoms with Crippen LogP contribution in [0.3, 0.4) is 0 Å². The van der Waals surface area contributed by atoms with E-state index in [4.69, 9.17) is 14.2 Å². The molecule has 5 rings (SSSR count). The predicted molar refractivity (Wildman–Crippen MR) is 143 cm³/mol. The molecule has 1 saturated heterocycles. The van der Waals surface area contributed by atoms with Gasteiger partial charge >= 0.3 is 6.03 Å². The number of urea groups is 1. The Morgan fingerprint density at radius 1 is 1.20 bits per heavy atom. The summed E-state index contributed by atoms with van der Waals surface area (Å²) in [5.74, 6) is 2.92. The fraction of sp³-hybridized carbons (Fsp3) is 0.464. The minimum atomic E-state index is -0.465. The van der Waals surface area contributed by atoms with Gasteiger partial charge in [-0.25, -0.2) is 19.6 Å². The highest BCUT2D eigenvalue weighted by atomic mass is 16.5. The number of pyridine rings is 2. The fourth-order valence-corrected chi connectivity index (χ4v) is 5.32. The van der Waals surface area contributed by atoms with Gasteiger partial charge in [-0.3, -0.25) is 15.0 Å². The number of aromatic nitrogens is 2. The Morgan fingerprint density at radius 2 is 2.02 bits per heavy atom. The summed E-state index contributed by atoms with van der Waals surface area (Å²) in [6.07, 6.45) is 5.22. The van der Waals surface area contributed by atoms with Gasteiger partial charge in [0.15, 0.2) is 6.29 Å². The van der Waals surface area contributed by atoms with Crippen molar-refractivity contribution in [2.75, 3.05) is 37.5 Å². The molecule has 2 aliphatic heterocycles. The number of amides is 2. The molecule has 2 fully saturated rings. The predicted octanol–water partition coefficient (Wildman–Crippen LogP) is 2.64. The second-order valence-corrected chi connectivity index (χ2v) is 9.93. The Labute approximate surface area is 231 Å². The lowest BCUT2D eigenvalue weighted by Crippen LogP contribution is -2.42. The number of aldehydes is 1. The highest BCUT2D eigenvalue weighted by Gasteiger charge is 2.34. The third-order valence-electron chi connectivity index (χ3n) is 7.64. The maximum Gasteiger partial charge on any atom is 0.328 e. The molecule has 2 amide bonds. The Bertz CT molecular complexity index is 1400. The van der Waals surface area contributed by atoms with Crippen molar-refractivity contribution in [3.8, 4) is 11.8 Å². The summed E-state index contributed by atoms with van der Waals surface area (Å²) in [6.45, 7) is 1.32. The lowest BCUT2D eigenvalue weighted by molar-refractivity contribution is -0.0626. The summed E-state index contributed by atoms with van der Waals surface area (Å²) in [4.78, 5) is 49.0. The van der Waals surface area contributed by atoms with Gasteiger partial charge in [0.1, 0.15) is 58.6 Å². The minimum absolute atomic E-state index is 0.0431. The van der Waals surface area contributed by atoms with Crippen LogP contribution in [-0.4, -0.2) is 78.7 Å². The van der Waals surface area contributed by atoms with Gasteiger partial charge in [-0.05, 0) is 43.7 Å². The largest absolute Gasteiger partial charge is 0.486 e. The van der Waals surface area contributed by atoms with Gasteiger partial charge in [-0.2, -0.15) is 5.26 Å². The number of rotatable bonds is 8. The van der Waals surface area contributed by atoms with E-state index in [-0.39, 0.29) is 35.4 Å². The second-order valence-electron chi connectivity index (χ2n) is 9.93. The number of nitrogens with zero attached hydrogens (tertiary/aromatic N) is 5. The van der Waals surface area contributed by atoms with E-state index in [2.05, 4.69) is 21.4 Å². The molecular weight excluding hydrogens is 516 g/mol. The zero-order chi connectivity index (χ0) is 28.2. The number of hydrogen-bond donors (Lipinski definition) is 1. The molecule has 40 heavy (non-hydrogen) atoms. The lowest BCUT2D eigenvalue weighted by atomic mass is 9.92. The Morgan fingerprint density at radius 3 is 2.70 bits per heavy atom. The molecule has 12 heteroatoms. The van der Waals surface area contributed by atoms with Crippen molar-refractivity contribution in [1.29, 1.82) is 5.26 Å². The first kappa shape index (κ1) is 27.3. The highest BCUT2D eigenvalue weighted by molar-refractivity contribution is 6.01. The minimum Gasteiger partial charge on any atom is -0.486 e.